The largest absolute Gasteiger partial charge is 0.456 e. The molecule has 2 nitrogen and oxygen atoms in total. The van der Waals surface area contributed by atoms with Crippen molar-refractivity contribution >= 4 is 43.5 Å². The van der Waals surface area contributed by atoms with E-state index in [-0.39, 0.29) is 5.02 Å². The van der Waals surface area contributed by atoms with E-state index in [2.05, 4.69) is 31.9 Å². The van der Waals surface area contributed by atoms with E-state index in [4.69, 9.17) is 22.1 Å². The highest BCUT2D eigenvalue weighted by Gasteiger charge is 2.10. The lowest BCUT2D eigenvalue weighted by molar-refractivity contribution is 0.473. The molecule has 0 saturated heterocycles. The normalized spacial score (nSPS) is 10.7. The topological polar surface area (TPSA) is 35.2 Å². The monoisotopic (exact) mass is 421 g/mol. The second kappa shape index (κ2) is 6.89. The fourth-order valence-corrected chi connectivity index (χ4v) is 2.94. The fraction of sp³-hybridized carbons (Fsp3) is 0.143. The van der Waals surface area contributed by atoms with Crippen LogP contribution in [0, 0.1) is 5.82 Å². The second-order valence-electron chi connectivity index (χ2n) is 4.09. The molecule has 0 aliphatic rings. The van der Waals surface area contributed by atoms with Gasteiger partial charge < -0.3 is 10.5 Å². The molecule has 0 aliphatic heterocycles. The summed E-state index contributed by atoms with van der Waals surface area (Å²) in [4.78, 5) is 0. The smallest absolute Gasteiger partial charge is 0.145 e. The SMILES string of the molecule is NCCc1ccc(Oc2cc(F)c(Cl)cc2Br)cc1Br. The van der Waals surface area contributed by atoms with Crippen molar-refractivity contribution in [1.82, 2.24) is 0 Å². The minimum atomic E-state index is -0.524. The Morgan fingerprint density at radius 2 is 1.90 bits per heavy atom. The molecule has 0 atom stereocenters. The molecule has 0 radical (unpaired) electrons. The van der Waals surface area contributed by atoms with Gasteiger partial charge in [0.05, 0.1) is 9.50 Å². The van der Waals surface area contributed by atoms with Gasteiger partial charge in [0.25, 0.3) is 0 Å². The molecular weight excluding hydrogens is 412 g/mol. The Hall–Kier alpha value is -0.620. The van der Waals surface area contributed by atoms with Crippen LogP contribution in [0.3, 0.4) is 0 Å². The molecule has 6 heteroatoms. The summed E-state index contributed by atoms with van der Waals surface area (Å²) in [6.45, 7) is 0.576. The van der Waals surface area contributed by atoms with E-state index in [9.17, 15) is 4.39 Å². The average molecular weight is 424 g/mol. The molecule has 0 heterocycles. The second-order valence-corrected chi connectivity index (χ2v) is 6.21. The number of hydrogen-bond acceptors (Lipinski definition) is 2. The van der Waals surface area contributed by atoms with Gasteiger partial charge in [-0.15, -0.1) is 0 Å². The Bertz CT molecular complexity index is 637. The third-order valence-corrected chi connectivity index (χ3v) is 4.29. The molecule has 0 spiro atoms. The summed E-state index contributed by atoms with van der Waals surface area (Å²) >= 11 is 12.4. The molecule has 2 aromatic rings. The Morgan fingerprint density at radius 3 is 2.55 bits per heavy atom. The van der Waals surface area contributed by atoms with Crippen molar-refractivity contribution in [2.24, 2.45) is 5.73 Å². The van der Waals surface area contributed by atoms with Crippen LogP contribution >= 0.6 is 43.5 Å². The molecule has 0 aromatic heterocycles. The first-order chi connectivity index (χ1) is 9.51. The van der Waals surface area contributed by atoms with Crippen LogP contribution in [-0.2, 0) is 6.42 Å². The summed E-state index contributed by atoms with van der Waals surface area (Å²) in [5.74, 6) is 0.439. The van der Waals surface area contributed by atoms with Gasteiger partial charge in [-0.25, -0.2) is 4.39 Å². The molecule has 0 amide bonds. The Balaban J connectivity index is 2.26. The lowest BCUT2D eigenvalue weighted by Gasteiger charge is -2.10. The molecule has 106 valence electrons. The minimum absolute atomic E-state index is 0.0451. The van der Waals surface area contributed by atoms with Crippen molar-refractivity contribution in [2.75, 3.05) is 6.54 Å². The number of halogens is 4. The molecule has 0 bridgehead atoms. The maximum absolute atomic E-state index is 13.4. The van der Waals surface area contributed by atoms with Crippen LogP contribution in [0.1, 0.15) is 5.56 Å². The van der Waals surface area contributed by atoms with Crippen LogP contribution in [0.25, 0.3) is 0 Å². The maximum Gasteiger partial charge on any atom is 0.145 e. The molecule has 0 fully saturated rings. The number of ether oxygens (including phenoxy) is 1. The van der Waals surface area contributed by atoms with Gasteiger partial charge in [-0.05, 0) is 52.7 Å². The van der Waals surface area contributed by atoms with Gasteiger partial charge >= 0.3 is 0 Å². The summed E-state index contributed by atoms with van der Waals surface area (Å²) in [5.41, 5.74) is 6.63. The summed E-state index contributed by atoms with van der Waals surface area (Å²) in [6.07, 6.45) is 0.778. The quantitative estimate of drug-likeness (QED) is 0.678. The van der Waals surface area contributed by atoms with Gasteiger partial charge in [0, 0.05) is 10.5 Å². The first kappa shape index (κ1) is 15.8. The van der Waals surface area contributed by atoms with Gasteiger partial charge in [0.15, 0.2) is 0 Å². The maximum atomic E-state index is 13.4. The molecule has 0 aliphatic carbocycles. The van der Waals surface area contributed by atoms with Gasteiger partial charge in [-0.3, -0.25) is 0 Å². The van der Waals surface area contributed by atoms with Crippen molar-refractivity contribution in [2.45, 2.75) is 6.42 Å². The third kappa shape index (κ3) is 3.73. The Morgan fingerprint density at radius 1 is 1.15 bits per heavy atom. The number of rotatable bonds is 4. The van der Waals surface area contributed by atoms with Gasteiger partial charge in [0.1, 0.15) is 17.3 Å². The highest BCUT2D eigenvalue weighted by Crippen LogP contribution is 2.35. The van der Waals surface area contributed by atoms with E-state index in [1.54, 1.807) is 0 Å². The van der Waals surface area contributed by atoms with Gasteiger partial charge in [0.2, 0.25) is 0 Å². The van der Waals surface area contributed by atoms with E-state index in [1.165, 1.54) is 12.1 Å². The van der Waals surface area contributed by atoms with Crippen LogP contribution in [0.4, 0.5) is 4.39 Å². The zero-order valence-electron chi connectivity index (χ0n) is 10.3. The van der Waals surface area contributed by atoms with Crippen molar-refractivity contribution in [1.29, 1.82) is 0 Å². The lowest BCUT2D eigenvalue weighted by Crippen LogP contribution is -2.03. The predicted octanol–water partition coefficient (Wildman–Crippen LogP) is 5.30. The third-order valence-electron chi connectivity index (χ3n) is 2.64. The summed E-state index contributed by atoms with van der Waals surface area (Å²) in [5, 5.41) is 0.0451. The van der Waals surface area contributed by atoms with Crippen molar-refractivity contribution in [3.8, 4) is 11.5 Å². The van der Waals surface area contributed by atoms with Crippen molar-refractivity contribution in [3.05, 3.63) is 55.7 Å². The standard InChI is InChI=1S/C14H11Br2ClFNO/c15-10-5-9(2-1-8(10)3-4-19)20-14-7-13(18)12(17)6-11(14)16/h1-2,5-7H,3-4,19H2. The number of hydrogen-bond donors (Lipinski definition) is 1. The Labute approximate surface area is 138 Å². The molecule has 2 rings (SSSR count). The van der Waals surface area contributed by atoms with Gasteiger partial charge in [-0.2, -0.15) is 0 Å². The average Bonchev–Trinajstić information content (AvgIpc) is 2.39. The highest BCUT2D eigenvalue weighted by atomic mass is 79.9. The predicted molar refractivity (Wildman–Crippen MR) is 86.1 cm³/mol. The Kier molecular flexibility index (Phi) is 5.43. The van der Waals surface area contributed by atoms with E-state index in [0.29, 0.717) is 22.5 Å². The first-order valence-corrected chi connectivity index (χ1v) is 7.78. The van der Waals surface area contributed by atoms with Crippen molar-refractivity contribution in [3.63, 3.8) is 0 Å². The van der Waals surface area contributed by atoms with Crippen LogP contribution in [-0.4, -0.2) is 6.54 Å². The number of benzene rings is 2. The van der Waals surface area contributed by atoms with Crippen LogP contribution in [0.2, 0.25) is 5.02 Å². The van der Waals surface area contributed by atoms with E-state index in [0.717, 1.165) is 16.5 Å². The molecular formula is C14H11Br2ClFNO. The minimum Gasteiger partial charge on any atom is -0.456 e. The van der Waals surface area contributed by atoms with E-state index in [1.807, 2.05) is 18.2 Å². The van der Waals surface area contributed by atoms with Crippen LogP contribution in [0.5, 0.6) is 11.5 Å². The van der Waals surface area contributed by atoms with Crippen molar-refractivity contribution < 1.29 is 9.13 Å². The molecule has 2 aromatic carbocycles. The van der Waals surface area contributed by atoms with Crippen LogP contribution in [0.15, 0.2) is 39.3 Å². The fourth-order valence-electron chi connectivity index (χ4n) is 1.66. The highest BCUT2D eigenvalue weighted by molar-refractivity contribution is 9.10. The van der Waals surface area contributed by atoms with Gasteiger partial charge in [-0.1, -0.05) is 33.6 Å². The summed E-state index contributed by atoms with van der Waals surface area (Å²) in [6, 6.07) is 8.27. The zero-order chi connectivity index (χ0) is 14.7. The number of nitrogens with two attached hydrogens (primary N) is 1. The van der Waals surface area contributed by atoms with E-state index >= 15 is 0 Å². The summed E-state index contributed by atoms with van der Waals surface area (Å²) < 4.78 is 20.6. The first-order valence-electron chi connectivity index (χ1n) is 5.82. The van der Waals surface area contributed by atoms with Crippen LogP contribution < -0.4 is 10.5 Å². The molecule has 20 heavy (non-hydrogen) atoms. The molecule has 0 unspecified atom stereocenters. The molecule has 0 saturated carbocycles. The van der Waals surface area contributed by atoms with E-state index < -0.39 is 5.82 Å². The zero-order valence-corrected chi connectivity index (χ0v) is 14.2. The molecule has 2 N–H and O–H groups in total. The lowest BCUT2D eigenvalue weighted by atomic mass is 10.1. The summed E-state index contributed by atoms with van der Waals surface area (Å²) in [7, 11) is 0.